The molecule has 10 rings (SSSR count). The molecule has 0 unspecified atom stereocenters. The second kappa shape index (κ2) is 10.6. The highest BCUT2D eigenvalue weighted by molar-refractivity contribution is 6.20. The Morgan fingerprint density at radius 2 is 1.33 bits per heavy atom. The van der Waals surface area contributed by atoms with Crippen LogP contribution in [0.25, 0.3) is 83.3 Å². The van der Waals surface area contributed by atoms with Gasteiger partial charge in [0.15, 0.2) is 0 Å². The molecule has 0 fully saturated rings. The number of pyridine rings is 2. The van der Waals surface area contributed by atoms with Gasteiger partial charge in [-0.2, -0.15) is 0 Å². The van der Waals surface area contributed by atoms with Crippen LogP contribution in [0.3, 0.4) is 0 Å². The fourth-order valence-electron chi connectivity index (χ4n) is 7.71. The van der Waals surface area contributed by atoms with Crippen molar-refractivity contribution in [3.05, 3.63) is 163 Å². The Balaban J connectivity index is 1.15. The minimum atomic E-state index is 1.02. The molecule has 4 aromatic heterocycles. The van der Waals surface area contributed by atoms with Crippen molar-refractivity contribution in [1.29, 1.82) is 0 Å². The summed E-state index contributed by atoms with van der Waals surface area (Å²) in [6, 6.07) is 46.1. The minimum Gasteiger partial charge on any atom is -0.313 e. The van der Waals surface area contributed by atoms with Crippen molar-refractivity contribution in [2.45, 2.75) is 12.8 Å². The largest absolute Gasteiger partial charge is 0.313 e. The molecule has 0 amide bonds. The van der Waals surface area contributed by atoms with Crippen molar-refractivity contribution in [3.63, 3.8) is 0 Å². The molecule has 0 atom stereocenters. The molecule has 5 aromatic carbocycles. The SMILES string of the molecule is C1=Cc2c(n(-c3ccc(-c4cccnc4)cc3)c3ccc(-c4ccc5c6c7ncccc7ccc6n(-c6ccccc6)c5c4)cc23)CC1. The first-order valence-corrected chi connectivity index (χ1v) is 16.5. The highest BCUT2D eigenvalue weighted by atomic mass is 15.0. The molecule has 1 aliphatic rings. The summed E-state index contributed by atoms with van der Waals surface area (Å²) >= 11 is 0. The first-order valence-electron chi connectivity index (χ1n) is 16.5. The molecule has 4 nitrogen and oxygen atoms in total. The topological polar surface area (TPSA) is 35.6 Å². The lowest BCUT2D eigenvalue weighted by atomic mass is 9.98. The third-order valence-electron chi connectivity index (χ3n) is 9.91. The average Bonchev–Trinajstić information content (AvgIpc) is 3.68. The Morgan fingerprint density at radius 3 is 2.21 bits per heavy atom. The van der Waals surface area contributed by atoms with Crippen molar-refractivity contribution in [1.82, 2.24) is 19.1 Å². The summed E-state index contributed by atoms with van der Waals surface area (Å²) in [5, 5.41) is 4.85. The van der Waals surface area contributed by atoms with Gasteiger partial charge < -0.3 is 9.13 Å². The molecule has 9 aromatic rings. The third-order valence-corrected chi connectivity index (χ3v) is 9.91. The first-order chi connectivity index (χ1) is 23.8. The van der Waals surface area contributed by atoms with E-state index in [9.17, 15) is 0 Å². The lowest BCUT2D eigenvalue weighted by Gasteiger charge is -2.14. The van der Waals surface area contributed by atoms with Crippen LogP contribution < -0.4 is 0 Å². The maximum atomic E-state index is 4.84. The smallest absolute Gasteiger partial charge is 0.0802 e. The molecule has 0 bridgehead atoms. The summed E-state index contributed by atoms with van der Waals surface area (Å²) in [4.78, 5) is 9.15. The quantitative estimate of drug-likeness (QED) is 0.198. The second-order valence-electron chi connectivity index (χ2n) is 12.6. The molecule has 226 valence electrons. The Hall–Kier alpha value is -6.26. The number of para-hydroxylation sites is 1. The Labute approximate surface area is 277 Å². The van der Waals surface area contributed by atoms with Crippen LogP contribution in [-0.4, -0.2) is 19.1 Å². The van der Waals surface area contributed by atoms with E-state index < -0.39 is 0 Å². The van der Waals surface area contributed by atoms with Gasteiger partial charge in [-0.15, -0.1) is 0 Å². The van der Waals surface area contributed by atoms with Gasteiger partial charge >= 0.3 is 0 Å². The van der Waals surface area contributed by atoms with Gasteiger partial charge in [0.1, 0.15) is 0 Å². The molecule has 4 heterocycles. The van der Waals surface area contributed by atoms with Gasteiger partial charge in [-0.1, -0.05) is 78.9 Å². The lowest BCUT2D eigenvalue weighted by Crippen LogP contribution is -2.02. The van der Waals surface area contributed by atoms with Gasteiger partial charge in [-0.3, -0.25) is 9.97 Å². The van der Waals surface area contributed by atoms with Gasteiger partial charge in [-0.05, 0) is 95.8 Å². The second-order valence-corrected chi connectivity index (χ2v) is 12.6. The minimum absolute atomic E-state index is 1.02. The summed E-state index contributed by atoms with van der Waals surface area (Å²) in [5.41, 5.74) is 14.4. The van der Waals surface area contributed by atoms with E-state index in [1.807, 2.05) is 30.7 Å². The molecule has 0 saturated carbocycles. The van der Waals surface area contributed by atoms with E-state index in [0.717, 1.165) is 35.0 Å². The van der Waals surface area contributed by atoms with E-state index in [2.05, 4.69) is 142 Å². The van der Waals surface area contributed by atoms with E-state index in [0.29, 0.717) is 0 Å². The van der Waals surface area contributed by atoms with Crippen molar-refractivity contribution in [2.24, 2.45) is 0 Å². The van der Waals surface area contributed by atoms with Crippen LogP contribution in [-0.2, 0) is 6.42 Å². The zero-order valence-electron chi connectivity index (χ0n) is 26.2. The van der Waals surface area contributed by atoms with Crippen LogP contribution in [0.5, 0.6) is 0 Å². The molecular weight excluding hydrogens is 585 g/mol. The standard InChI is InChI=1S/C44H30N4/c1-2-10-34(11-3-1)48-41-23-17-30-8-7-25-46-44(30)43(41)37-21-16-32(27-42(37)48)31-18-22-40-38(26-31)36-12-4-5-13-39(36)47(40)35-19-14-29(15-20-35)33-9-6-24-45-28-33/h1-4,6-12,14-28H,5,13H2. The van der Waals surface area contributed by atoms with Crippen molar-refractivity contribution >= 4 is 49.7 Å². The van der Waals surface area contributed by atoms with E-state index >= 15 is 0 Å². The highest BCUT2D eigenvalue weighted by Crippen LogP contribution is 2.40. The van der Waals surface area contributed by atoms with E-state index in [4.69, 9.17) is 4.98 Å². The zero-order valence-corrected chi connectivity index (χ0v) is 26.2. The molecule has 0 saturated heterocycles. The number of aromatic nitrogens is 4. The Morgan fingerprint density at radius 1 is 0.542 bits per heavy atom. The number of hydrogen-bond acceptors (Lipinski definition) is 2. The highest BCUT2D eigenvalue weighted by Gasteiger charge is 2.20. The van der Waals surface area contributed by atoms with Gasteiger partial charge in [0.2, 0.25) is 0 Å². The maximum Gasteiger partial charge on any atom is 0.0802 e. The van der Waals surface area contributed by atoms with Crippen LogP contribution in [0.2, 0.25) is 0 Å². The molecule has 1 aliphatic carbocycles. The number of fused-ring (bicyclic) bond motifs is 8. The molecule has 48 heavy (non-hydrogen) atoms. The third kappa shape index (κ3) is 4.09. The van der Waals surface area contributed by atoms with Crippen molar-refractivity contribution in [2.75, 3.05) is 0 Å². The summed E-state index contributed by atoms with van der Waals surface area (Å²) in [5.74, 6) is 0. The van der Waals surface area contributed by atoms with Crippen LogP contribution >= 0.6 is 0 Å². The van der Waals surface area contributed by atoms with E-state index in [-0.39, 0.29) is 0 Å². The lowest BCUT2D eigenvalue weighted by molar-refractivity contribution is 0.888. The number of hydrogen-bond donors (Lipinski definition) is 0. The number of rotatable bonds is 4. The zero-order chi connectivity index (χ0) is 31.6. The average molecular weight is 615 g/mol. The predicted octanol–water partition coefficient (Wildman–Crippen LogP) is 11.0. The summed E-state index contributed by atoms with van der Waals surface area (Å²) in [6.07, 6.45) is 12.3. The molecule has 0 spiro atoms. The van der Waals surface area contributed by atoms with Crippen LogP contribution in [0.1, 0.15) is 17.7 Å². The van der Waals surface area contributed by atoms with Gasteiger partial charge in [-0.25, -0.2) is 0 Å². The number of nitrogens with zero attached hydrogens (tertiary/aromatic N) is 4. The molecule has 4 heteroatoms. The van der Waals surface area contributed by atoms with Gasteiger partial charge in [0, 0.05) is 62.8 Å². The molecule has 0 aliphatic heterocycles. The van der Waals surface area contributed by atoms with Crippen molar-refractivity contribution < 1.29 is 0 Å². The number of benzene rings is 5. The van der Waals surface area contributed by atoms with Gasteiger partial charge in [0.05, 0.1) is 22.1 Å². The Bertz CT molecular complexity index is 2700. The van der Waals surface area contributed by atoms with Crippen LogP contribution in [0, 0.1) is 0 Å². The Kier molecular flexibility index (Phi) is 5.97. The monoisotopic (exact) mass is 614 g/mol. The summed E-state index contributed by atoms with van der Waals surface area (Å²) in [7, 11) is 0. The molecular formula is C44H30N4. The maximum absolute atomic E-state index is 4.84. The first kappa shape index (κ1) is 26.9. The number of allylic oxidation sites excluding steroid dienone is 1. The molecule has 0 radical (unpaired) electrons. The van der Waals surface area contributed by atoms with E-state index in [1.54, 1.807) is 0 Å². The fourth-order valence-corrected chi connectivity index (χ4v) is 7.71. The normalized spacial score (nSPS) is 12.8. The summed E-state index contributed by atoms with van der Waals surface area (Å²) < 4.78 is 4.84. The summed E-state index contributed by atoms with van der Waals surface area (Å²) in [6.45, 7) is 0. The van der Waals surface area contributed by atoms with Crippen LogP contribution in [0.4, 0.5) is 0 Å². The molecule has 0 N–H and O–H groups in total. The van der Waals surface area contributed by atoms with Crippen LogP contribution in [0.15, 0.2) is 152 Å². The van der Waals surface area contributed by atoms with E-state index in [1.165, 1.54) is 66.3 Å². The fraction of sp³-hybridized carbons (Fsp3) is 0.0455. The predicted molar refractivity (Wildman–Crippen MR) is 199 cm³/mol. The van der Waals surface area contributed by atoms with Gasteiger partial charge in [0.25, 0.3) is 0 Å². The van der Waals surface area contributed by atoms with Crippen molar-refractivity contribution in [3.8, 4) is 33.6 Å².